The number of anilines is 1. The predicted octanol–water partition coefficient (Wildman–Crippen LogP) is 4.85. The number of hydrogen-bond donors (Lipinski definition) is 4. The molecular formula is C30H31FN10. The molecule has 5 heterocycles. The molecule has 0 aliphatic heterocycles. The number of H-pyrrole nitrogens is 2. The molecule has 6 rings (SSSR count). The number of imidazole rings is 1. The Hall–Kier alpha value is -4.74. The fourth-order valence-electron chi connectivity index (χ4n) is 4.78. The van der Waals surface area contributed by atoms with Crippen molar-refractivity contribution in [2.24, 2.45) is 0 Å². The van der Waals surface area contributed by atoms with E-state index in [0.29, 0.717) is 46.1 Å². The average Bonchev–Trinajstić information content (AvgIpc) is 3.59. The van der Waals surface area contributed by atoms with E-state index in [4.69, 9.17) is 4.98 Å². The molecular weight excluding hydrogens is 519 g/mol. The van der Waals surface area contributed by atoms with Gasteiger partial charge in [-0.2, -0.15) is 5.10 Å². The van der Waals surface area contributed by atoms with Crippen LogP contribution in [0.25, 0.3) is 56.0 Å². The van der Waals surface area contributed by atoms with Crippen molar-refractivity contribution in [3.8, 4) is 33.8 Å². The Balaban J connectivity index is 1.37. The van der Waals surface area contributed by atoms with Gasteiger partial charge in [0, 0.05) is 66.8 Å². The third kappa shape index (κ3) is 5.63. The average molecular weight is 551 g/mol. The van der Waals surface area contributed by atoms with E-state index >= 15 is 0 Å². The van der Waals surface area contributed by atoms with Crippen LogP contribution in [0, 0.1) is 5.82 Å². The molecule has 0 unspecified atom stereocenters. The summed E-state index contributed by atoms with van der Waals surface area (Å²) >= 11 is 0. The third-order valence-corrected chi connectivity index (χ3v) is 6.83. The summed E-state index contributed by atoms with van der Waals surface area (Å²) in [7, 11) is 4.00. The lowest BCUT2D eigenvalue weighted by Gasteiger charge is -2.12. The van der Waals surface area contributed by atoms with Crippen LogP contribution >= 0.6 is 0 Å². The maximum absolute atomic E-state index is 14.6. The number of rotatable bonds is 10. The van der Waals surface area contributed by atoms with Gasteiger partial charge in [-0.15, -0.1) is 0 Å². The molecule has 0 spiro atoms. The summed E-state index contributed by atoms with van der Waals surface area (Å²) in [6.07, 6.45) is 7.20. The summed E-state index contributed by atoms with van der Waals surface area (Å²) < 4.78 is 14.6. The monoisotopic (exact) mass is 550 g/mol. The summed E-state index contributed by atoms with van der Waals surface area (Å²) in [6.45, 7) is 5.24. The van der Waals surface area contributed by atoms with Crippen molar-refractivity contribution >= 4 is 27.9 Å². The van der Waals surface area contributed by atoms with Crippen LogP contribution in [-0.4, -0.2) is 73.7 Å². The Morgan fingerprint density at radius 3 is 2.68 bits per heavy atom. The first kappa shape index (κ1) is 26.5. The van der Waals surface area contributed by atoms with Gasteiger partial charge in [0.15, 0.2) is 17.1 Å². The molecule has 0 saturated carbocycles. The second-order valence-electron chi connectivity index (χ2n) is 10.2. The number of aromatic nitrogens is 7. The van der Waals surface area contributed by atoms with Gasteiger partial charge < -0.3 is 20.5 Å². The van der Waals surface area contributed by atoms with Crippen LogP contribution in [0.3, 0.4) is 0 Å². The van der Waals surface area contributed by atoms with Crippen LogP contribution < -0.4 is 10.6 Å². The lowest BCUT2D eigenvalue weighted by Crippen LogP contribution is -2.20. The number of hydrogen-bond acceptors (Lipinski definition) is 8. The van der Waals surface area contributed by atoms with Gasteiger partial charge in [0.1, 0.15) is 17.0 Å². The minimum atomic E-state index is -0.323. The second-order valence-corrected chi connectivity index (χ2v) is 10.2. The van der Waals surface area contributed by atoms with Crippen LogP contribution in [0.4, 0.5) is 10.1 Å². The molecule has 41 heavy (non-hydrogen) atoms. The van der Waals surface area contributed by atoms with Crippen molar-refractivity contribution in [2.75, 3.05) is 39.0 Å². The van der Waals surface area contributed by atoms with Gasteiger partial charge in [-0.1, -0.05) is 6.92 Å². The van der Waals surface area contributed by atoms with E-state index in [-0.39, 0.29) is 5.82 Å². The molecule has 0 aliphatic rings. The summed E-state index contributed by atoms with van der Waals surface area (Å²) in [5.41, 5.74) is 7.68. The minimum Gasteiger partial charge on any atom is -0.384 e. The highest BCUT2D eigenvalue weighted by molar-refractivity contribution is 5.96. The topological polar surface area (TPSA) is 123 Å². The van der Waals surface area contributed by atoms with E-state index in [0.717, 1.165) is 47.3 Å². The summed E-state index contributed by atoms with van der Waals surface area (Å²) in [5, 5.41) is 15.0. The Kier molecular flexibility index (Phi) is 7.36. The molecule has 0 atom stereocenters. The van der Waals surface area contributed by atoms with Crippen molar-refractivity contribution < 1.29 is 4.39 Å². The zero-order chi connectivity index (χ0) is 28.3. The Morgan fingerprint density at radius 2 is 1.83 bits per heavy atom. The summed E-state index contributed by atoms with van der Waals surface area (Å²) in [6, 6.07) is 10.9. The molecule has 4 N–H and O–H groups in total. The van der Waals surface area contributed by atoms with Gasteiger partial charge >= 0.3 is 0 Å². The van der Waals surface area contributed by atoms with E-state index in [1.165, 1.54) is 12.1 Å². The SMILES string of the molecule is CCNCc1cncc(-c2cnc3[nH]nc(-c4nc5c(-c6cc(F)cc(NCCN(C)C)c6)ccnc5[nH]4)c3c2)c1. The zero-order valence-electron chi connectivity index (χ0n) is 23.2. The van der Waals surface area contributed by atoms with E-state index in [1.54, 1.807) is 6.20 Å². The molecule has 10 nitrogen and oxygen atoms in total. The quantitative estimate of drug-likeness (QED) is 0.191. The molecule has 0 saturated heterocycles. The van der Waals surface area contributed by atoms with E-state index in [1.807, 2.05) is 50.9 Å². The van der Waals surface area contributed by atoms with Crippen LogP contribution in [-0.2, 0) is 6.54 Å². The van der Waals surface area contributed by atoms with Crippen LogP contribution in [0.2, 0.25) is 0 Å². The zero-order valence-corrected chi connectivity index (χ0v) is 23.2. The molecule has 0 radical (unpaired) electrons. The molecule has 0 amide bonds. The molecule has 6 aromatic rings. The Labute approximate surface area is 236 Å². The van der Waals surface area contributed by atoms with Crippen LogP contribution in [0.15, 0.2) is 61.2 Å². The highest BCUT2D eigenvalue weighted by Crippen LogP contribution is 2.33. The first-order valence-corrected chi connectivity index (χ1v) is 13.5. The minimum absolute atomic E-state index is 0.323. The van der Waals surface area contributed by atoms with Crippen LogP contribution in [0.5, 0.6) is 0 Å². The molecule has 208 valence electrons. The van der Waals surface area contributed by atoms with Gasteiger partial charge in [0.25, 0.3) is 0 Å². The molecule has 0 fully saturated rings. The van der Waals surface area contributed by atoms with Crippen molar-refractivity contribution in [2.45, 2.75) is 13.5 Å². The van der Waals surface area contributed by atoms with E-state index in [2.05, 4.69) is 58.7 Å². The van der Waals surface area contributed by atoms with Crippen molar-refractivity contribution in [3.05, 3.63) is 72.6 Å². The highest BCUT2D eigenvalue weighted by atomic mass is 19.1. The van der Waals surface area contributed by atoms with E-state index < -0.39 is 0 Å². The number of benzene rings is 1. The van der Waals surface area contributed by atoms with Gasteiger partial charge in [0.05, 0.1) is 5.39 Å². The first-order valence-electron chi connectivity index (χ1n) is 13.5. The molecule has 0 bridgehead atoms. The smallest absolute Gasteiger partial charge is 0.161 e. The number of aromatic amines is 2. The number of halogens is 1. The van der Waals surface area contributed by atoms with Gasteiger partial charge in [-0.25, -0.2) is 19.3 Å². The molecule has 11 heteroatoms. The predicted molar refractivity (Wildman–Crippen MR) is 160 cm³/mol. The standard InChI is InChI=1S/C30H31FN10/c1-4-32-14-18-9-20(16-33-15-18)21-12-25-27(39-40-28(25)36-17-21)30-37-26-24(5-6-35-29(26)38-30)19-10-22(31)13-23(11-19)34-7-8-41(2)3/h5-6,9-13,15-17,32,34H,4,7-8,14H2,1-3H3,(H,35,37,38)(H,36,39,40). The van der Waals surface area contributed by atoms with Crippen molar-refractivity contribution in [3.63, 3.8) is 0 Å². The van der Waals surface area contributed by atoms with Crippen molar-refractivity contribution in [1.82, 2.24) is 45.3 Å². The maximum Gasteiger partial charge on any atom is 0.161 e. The van der Waals surface area contributed by atoms with Gasteiger partial charge in [-0.3, -0.25) is 10.1 Å². The van der Waals surface area contributed by atoms with Crippen LogP contribution in [0.1, 0.15) is 12.5 Å². The fourth-order valence-corrected chi connectivity index (χ4v) is 4.78. The number of fused-ring (bicyclic) bond motifs is 2. The Bertz CT molecular complexity index is 1820. The third-order valence-electron chi connectivity index (χ3n) is 6.83. The summed E-state index contributed by atoms with van der Waals surface area (Å²) in [5.74, 6) is 0.224. The molecule has 1 aromatic carbocycles. The Morgan fingerprint density at radius 1 is 0.951 bits per heavy atom. The highest BCUT2D eigenvalue weighted by Gasteiger charge is 2.18. The number of likely N-dealkylation sites (N-methyl/N-ethyl adjacent to an activating group) is 1. The first-order chi connectivity index (χ1) is 20.0. The van der Waals surface area contributed by atoms with Gasteiger partial charge in [-0.05, 0) is 68.2 Å². The van der Waals surface area contributed by atoms with E-state index in [9.17, 15) is 4.39 Å². The van der Waals surface area contributed by atoms with Crippen molar-refractivity contribution in [1.29, 1.82) is 0 Å². The number of pyridine rings is 3. The molecule has 0 aliphatic carbocycles. The lowest BCUT2D eigenvalue weighted by atomic mass is 10.0. The fraction of sp³-hybridized carbons (Fsp3) is 0.233. The lowest BCUT2D eigenvalue weighted by molar-refractivity contribution is 0.425. The number of nitrogens with zero attached hydrogens (tertiary/aromatic N) is 6. The summed E-state index contributed by atoms with van der Waals surface area (Å²) in [4.78, 5) is 23.8. The normalized spacial score (nSPS) is 11.6. The van der Waals surface area contributed by atoms with Gasteiger partial charge in [0.2, 0.25) is 0 Å². The molecule has 5 aromatic heterocycles. The second kappa shape index (κ2) is 11.4. The maximum atomic E-state index is 14.6. The number of nitrogens with one attached hydrogen (secondary N) is 4. The largest absolute Gasteiger partial charge is 0.384 e.